The van der Waals surface area contributed by atoms with Gasteiger partial charge in [-0.25, -0.2) is 9.59 Å². The molecule has 2 rings (SSSR count). The summed E-state index contributed by atoms with van der Waals surface area (Å²) in [7, 11) is 0. The van der Waals surface area contributed by atoms with Crippen LogP contribution >= 0.6 is 23.2 Å². The van der Waals surface area contributed by atoms with E-state index in [-0.39, 0.29) is 26.6 Å². The van der Waals surface area contributed by atoms with Crippen molar-refractivity contribution in [3.8, 4) is 0 Å². The van der Waals surface area contributed by atoms with E-state index in [1.54, 1.807) is 0 Å². The molecule has 0 radical (unpaired) electrons. The van der Waals surface area contributed by atoms with Crippen molar-refractivity contribution in [2.24, 2.45) is 0 Å². The third-order valence-electron chi connectivity index (χ3n) is 2.48. The van der Waals surface area contributed by atoms with Crippen molar-refractivity contribution in [2.75, 3.05) is 0 Å². The van der Waals surface area contributed by atoms with Crippen molar-refractivity contribution >= 4 is 45.9 Å². The minimum atomic E-state index is -1.28. The summed E-state index contributed by atoms with van der Waals surface area (Å²) in [5.41, 5.74) is -0.416. The fraction of sp³-hybridized carbons (Fsp3) is 0. The van der Waals surface area contributed by atoms with Crippen molar-refractivity contribution in [2.45, 2.75) is 0 Å². The van der Waals surface area contributed by atoms with Crippen LogP contribution in [0.4, 0.5) is 0 Å². The van der Waals surface area contributed by atoms with Crippen LogP contribution in [-0.4, -0.2) is 22.2 Å². The predicted molar refractivity (Wildman–Crippen MR) is 67.9 cm³/mol. The van der Waals surface area contributed by atoms with Gasteiger partial charge in [-0.2, -0.15) is 0 Å². The number of carboxylic acid groups (broad SMARTS) is 2. The molecule has 0 amide bonds. The molecule has 2 aromatic carbocycles. The molecule has 0 saturated heterocycles. The third-order valence-corrected chi connectivity index (χ3v) is 3.01. The molecule has 0 unspecified atom stereocenters. The number of rotatable bonds is 2. The SMILES string of the molecule is O=C(O)c1cc(Cl)cc2ccc(Cl)c(C(=O)O)c12. The molecule has 18 heavy (non-hydrogen) atoms. The maximum atomic E-state index is 11.2. The summed E-state index contributed by atoms with van der Waals surface area (Å²) in [6.45, 7) is 0. The van der Waals surface area contributed by atoms with Crippen LogP contribution in [0.5, 0.6) is 0 Å². The van der Waals surface area contributed by atoms with E-state index in [9.17, 15) is 9.59 Å². The van der Waals surface area contributed by atoms with Gasteiger partial charge >= 0.3 is 11.9 Å². The van der Waals surface area contributed by atoms with E-state index in [1.165, 1.54) is 24.3 Å². The van der Waals surface area contributed by atoms with E-state index in [4.69, 9.17) is 33.4 Å². The van der Waals surface area contributed by atoms with Gasteiger partial charge in [0.05, 0.1) is 16.1 Å². The van der Waals surface area contributed by atoms with Crippen LogP contribution in [0, 0.1) is 0 Å². The number of aromatic carboxylic acids is 2. The third kappa shape index (κ3) is 2.00. The molecule has 0 aromatic heterocycles. The van der Waals surface area contributed by atoms with E-state index in [2.05, 4.69) is 0 Å². The molecule has 6 heteroatoms. The van der Waals surface area contributed by atoms with Crippen LogP contribution in [0.15, 0.2) is 24.3 Å². The lowest BCUT2D eigenvalue weighted by Crippen LogP contribution is -2.05. The lowest BCUT2D eigenvalue weighted by atomic mass is 9.99. The summed E-state index contributed by atoms with van der Waals surface area (Å²) < 4.78 is 0. The highest BCUT2D eigenvalue weighted by Gasteiger charge is 2.20. The number of hydrogen-bond donors (Lipinski definition) is 2. The predicted octanol–water partition coefficient (Wildman–Crippen LogP) is 3.54. The number of carboxylic acids is 2. The normalized spacial score (nSPS) is 10.6. The van der Waals surface area contributed by atoms with Crippen LogP contribution in [0.25, 0.3) is 10.8 Å². The Morgan fingerprint density at radius 2 is 1.67 bits per heavy atom. The smallest absolute Gasteiger partial charge is 0.337 e. The number of benzene rings is 2. The molecule has 0 atom stereocenters. The van der Waals surface area contributed by atoms with Crippen molar-refractivity contribution in [1.29, 1.82) is 0 Å². The topological polar surface area (TPSA) is 74.6 Å². The summed E-state index contributed by atoms with van der Waals surface area (Å²) >= 11 is 11.6. The molecule has 0 fully saturated rings. The standard InChI is InChI=1S/C12H6Cl2O4/c13-6-3-5-1-2-8(14)10(12(17)18)9(5)7(4-6)11(15)16/h1-4H,(H,15,16)(H,17,18). The van der Waals surface area contributed by atoms with Crippen molar-refractivity contribution in [1.82, 2.24) is 0 Å². The Morgan fingerprint density at radius 1 is 1.00 bits per heavy atom. The molecule has 0 spiro atoms. The molecule has 0 bridgehead atoms. The van der Waals surface area contributed by atoms with Gasteiger partial charge in [0, 0.05) is 10.4 Å². The molecule has 0 heterocycles. The fourth-order valence-corrected chi connectivity index (χ4v) is 2.25. The Balaban J connectivity index is 3.03. The summed E-state index contributed by atoms with van der Waals surface area (Å²) in [5.74, 6) is -2.54. The van der Waals surface area contributed by atoms with E-state index >= 15 is 0 Å². The first-order valence-electron chi connectivity index (χ1n) is 4.80. The fourth-order valence-electron chi connectivity index (χ4n) is 1.78. The second kappa shape index (κ2) is 4.48. The monoisotopic (exact) mass is 284 g/mol. The quantitative estimate of drug-likeness (QED) is 0.884. The van der Waals surface area contributed by atoms with Gasteiger partial charge in [-0.15, -0.1) is 0 Å². The molecular formula is C12H6Cl2O4. The minimum absolute atomic E-state index is 0.0141. The van der Waals surface area contributed by atoms with Crippen molar-refractivity contribution in [3.05, 3.63) is 45.4 Å². The van der Waals surface area contributed by atoms with E-state index in [0.29, 0.717) is 5.39 Å². The van der Waals surface area contributed by atoms with Crippen LogP contribution in [0.3, 0.4) is 0 Å². The Bertz CT molecular complexity index is 679. The van der Waals surface area contributed by atoms with E-state index in [0.717, 1.165) is 0 Å². The number of fused-ring (bicyclic) bond motifs is 1. The van der Waals surface area contributed by atoms with Gasteiger partial charge in [0.2, 0.25) is 0 Å². The second-order valence-electron chi connectivity index (χ2n) is 3.58. The molecule has 0 aliphatic heterocycles. The lowest BCUT2D eigenvalue weighted by molar-refractivity contribution is 0.0695. The molecule has 92 valence electrons. The van der Waals surface area contributed by atoms with E-state index in [1.807, 2.05) is 0 Å². The minimum Gasteiger partial charge on any atom is -0.478 e. The maximum absolute atomic E-state index is 11.2. The molecule has 2 aromatic rings. The lowest BCUT2D eigenvalue weighted by Gasteiger charge is -2.08. The molecule has 4 nitrogen and oxygen atoms in total. The molecule has 0 saturated carbocycles. The Hall–Kier alpha value is -1.78. The Kier molecular flexibility index (Phi) is 3.15. The first kappa shape index (κ1) is 12.7. The number of hydrogen-bond acceptors (Lipinski definition) is 2. The first-order valence-corrected chi connectivity index (χ1v) is 5.55. The maximum Gasteiger partial charge on any atom is 0.337 e. The average Bonchev–Trinajstić information content (AvgIpc) is 2.27. The molecule has 0 aliphatic carbocycles. The number of halogens is 2. The summed E-state index contributed by atoms with van der Waals surface area (Å²) in [5, 5.41) is 18.9. The largest absolute Gasteiger partial charge is 0.478 e. The second-order valence-corrected chi connectivity index (χ2v) is 4.43. The van der Waals surface area contributed by atoms with Gasteiger partial charge < -0.3 is 10.2 Å². The zero-order valence-corrected chi connectivity index (χ0v) is 10.3. The van der Waals surface area contributed by atoms with Crippen LogP contribution in [0.2, 0.25) is 10.0 Å². The summed E-state index contributed by atoms with van der Waals surface area (Å²) in [4.78, 5) is 22.3. The highest BCUT2D eigenvalue weighted by atomic mass is 35.5. The number of carbonyl (C=O) groups is 2. The van der Waals surface area contributed by atoms with Crippen LogP contribution in [-0.2, 0) is 0 Å². The zero-order chi connectivity index (χ0) is 13.4. The van der Waals surface area contributed by atoms with Gasteiger partial charge in [0.1, 0.15) is 0 Å². The average molecular weight is 285 g/mol. The van der Waals surface area contributed by atoms with Gasteiger partial charge in [-0.05, 0) is 23.6 Å². The van der Waals surface area contributed by atoms with Crippen LogP contribution < -0.4 is 0 Å². The van der Waals surface area contributed by atoms with E-state index < -0.39 is 11.9 Å². The molecule has 0 aliphatic rings. The Labute approximate surface area is 111 Å². The van der Waals surface area contributed by atoms with Crippen molar-refractivity contribution in [3.63, 3.8) is 0 Å². The van der Waals surface area contributed by atoms with Gasteiger partial charge in [0.25, 0.3) is 0 Å². The van der Waals surface area contributed by atoms with Crippen LogP contribution in [0.1, 0.15) is 20.7 Å². The van der Waals surface area contributed by atoms with Gasteiger partial charge in [-0.1, -0.05) is 29.3 Å². The van der Waals surface area contributed by atoms with Gasteiger partial charge in [0.15, 0.2) is 0 Å². The summed E-state index contributed by atoms with van der Waals surface area (Å²) in [6.07, 6.45) is 0. The molecule has 2 N–H and O–H groups in total. The summed E-state index contributed by atoms with van der Waals surface area (Å²) in [6, 6.07) is 5.62. The van der Waals surface area contributed by atoms with Crippen molar-refractivity contribution < 1.29 is 19.8 Å². The van der Waals surface area contributed by atoms with Gasteiger partial charge in [-0.3, -0.25) is 0 Å². The highest BCUT2D eigenvalue weighted by Crippen LogP contribution is 2.31. The molecular weight excluding hydrogens is 279 g/mol. The first-order chi connectivity index (χ1) is 8.41. The zero-order valence-electron chi connectivity index (χ0n) is 8.78. The Morgan fingerprint density at radius 3 is 2.22 bits per heavy atom. The highest BCUT2D eigenvalue weighted by molar-refractivity contribution is 6.36.